The van der Waals surface area contributed by atoms with Crippen molar-refractivity contribution in [2.24, 2.45) is 5.73 Å². The fourth-order valence-corrected chi connectivity index (χ4v) is 0.400. The van der Waals surface area contributed by atoms with E-state index >= 15 is 0 Å². The SMILES string of the molecule is CN(C)C(N)=[N+](C)C.[OH-]. The van der Waals surface area contributed by atoms with Crippen LogP contribution in [0.4, 0.5) is 0 Å². The van der Waals surface area contributed by atoms with E-state index in [-0.39, 0.29) is 5.48 Å². The van der Waals surface area contributed by atoms with Crippen molar-refractivity contribution >= 4 is 5.96 Å². The number of rotatable bonds is 0. The van der Waals surface area contributed by atoms with Gasteiger partial charge in [-0.1, -0.05) is 0 Å². The van der Waals surface area contributed by atoms with Gasteiger partial charge in [0.15, 0.2) is 0 Å². The normalized spacial score (nSPS) is 7.56. The Morgan fingerprint density at radius 3 is 1.67 bits per heavy atom. The van der Waals surface area contributed by atoms with Crippen molar-refractivity contribution in [3.63, 3.8) is 0 Å². The third-order valence-corrected chi connectivity index (χ3v) is 0.916. The van der Waals surface area contributed by atoms with Crippen LogP contribution in [0.1, 0.15) is 0 Å². The molecule has 56 valence electrons. The summed E-state index contributed by atoms with van der Waals surface area (Å²) in [6.45, 7) is 0. The lowest BCUT2D eigenvalue weighted by atomic mass is 10.8. The van der Waals surface area contributed by atoms with Crippen molar-refractivity contribution in [2.45, 2.75) is 0 Å². The fourth-order valence-electron chi connectivity index (χ4n) is 0.400. The Kier molecular flexibility index (Phi) is 5.10. The summed E-state index contributed by atoms with van der Waals surface area (Å²) in [7, 11) is 7.65. The number of guanidine groups is 1. The van der Waals surface area contributed by atoms with E-state index in [1.54, 1.807) is 0 Å². The van der Waals surface area contributed by atoms with Crippen LogP contribution in [0.2, 0.25) is 0 Å². The minimum absolute atomic E-state index is 0. The lowest BCUT2D eigenvalue weighted by Crippen LogP contribution is -2.36. The molecule has 0 atom stereocenters. The second-order valence-electron chi connectivity index (χ2n) is 2.15. The molecular weight excluding hydrogens is 118 g/mol. The van der Waals surface area contributed by atoms with Gasteiger partial charge in [0.2, 0.25) is 0 Å². The van der Waals surface area contributed by atoms with Gasteiger partial charge in [-0.3, -0.25) is 15.2 Å². The van der Waals surface area contributed by atoms with Crippen LogP contribution in [0.15, 0.2) is 0 Å². The molecule has 0 saturated heterocycles. The third-order valence-electron chi connectivity index (χ3n) is 0.916. The Hall–Kier alpha value is -0.770. The predicted molar refractivity (Wildman–Crippen MR) is 36.9 cm³/mol. The molecule has 0 bridgehead atoms. The zero-order valence-electron chi connectivity index (χ0n) is 6.42. The molecule has 0 rings (SSSR count). The Balaban J connectivity index is 0. The molecule has 0 fully saturated rings. The Morgan fingerprint density at radius 2 is 1.67 bits per heavy atom. The molecule has 0 spiro atoms. The van der Waals surface area contributed by atoms with E-state index < -0.39 is 0 Å². The minimum atomic E-state index is 0. The quantitative estimate of drug-likeness (QED) is 0.261. The molecule has 0 saturated carbocycles. The van der Waals surface area contributed by atoms with E-state index in [9.17, 15) is 0 Å². The lowest BCUT2D eigenvalue weighted by molar-refractivity contribution is -0.470. The van der Waals surface area contributed by atoms with Crippen LogP contribution in [-0.2, 0) is 0 Å². The summed E-state index contributed by atoms with van der Waals surface area (Å²) in [4.78, 5) is 1.86. The summed E-state index contributed by atoms with van der Waals surface area (Å²) in [6, 6.07) is 0. The maximum Gasteiger partial charge on any atom is 0.344 e. The van der Waals surface area contributed by atoms with E-state index in [0.717, 1.165) is 5.96 Å². The van der Waals surface area contributed by atoms with Gasteiger partial charge >= 0.3 is 5.96 Å². The first-order valence-electron chi connectivity index (χ1n) is 2.52. The molecule has 0 aliphatic rings. The van der Waals surface area contributed by atoms with Crippen LogP contribution in [0.25, 0.3) is 0 Å². The van der Waals surface area contributed by atoms with E-state index in [2.05, 4.69) is 0 Å². The Bertz CT molecular complexity index is 105. The van der Waals surface area contributed by atoms with Gasteiger partial charge in [-0.15, -0.1) is 0 Å². The largest absolute Gasteiger partial charge is 0.870 e. The summed E-state index contributed by atoms with van der Waals surface area (Å²) < 4.78 is 1.86. The highest BCUT2D eigenvalue weighted by Crippen LogP contribution is 1.68. The predicted octanol–water partition coefficient (Wildman–Crippen LogP) is -1.04. The van der Waals surface area contributed by atoms with Gasteiger partial charge < -0.3 is 5.48 Å². The van der Waals surface area contributed by atoms with Gasteiger partial charge in [-0.05, 0) is 0 Å². The van der Waals surface area contributed by atoms with Crippen LogP contribution in [-0.4, -0.2) is 49.1 Å². The average Bonchev–Trinajstić information content (AvgIpc) is 1.64. The number of nitrogens with two attached hydrogens (primary N) is 1. The third kappa shape index (κ3) is 3.78. The molecule has 0 unspecified atom stereocenters. The van der Waals surface area contributed by atoms with E-state index in [1.165, 1.54) is 0 Å². The van der Waals surface area contributed by atoms with E-state index in [1.807, 2.05) is 37.7 Å². The minimum Gasteiger partial charge on any atom is -0.870 e. The summed E-state index contributed by atoms with van der Waals surface area (Å²) in [5.41, 5.74) is 5.53. The molecule has 0 aromatic heterocycles. The highest BCUT2D eigenvalue weighted by Gasteiger charge is 2.00. The topological polar surface area (TPSA) is 62.3 Å². The molecule has 9 heavy (non-hydrogen) atoms. The van der Waals surface area contributed by atoms with Gasteiger partial charge in [-0.2, -0.15) is 0 Å². The Morgan fingerprint density at radius 1 is 1.33 bits per heavy atom. The van der Waals surface area contributed by atoms with E-state index in [4.69, 9.17) is 5.73 Å². The van der Waals surface area contributed by atoms with E-state index in [0.29, 0.717) is 0 Å². The molecule has 0 aliphatic carbocycles. The van der Waals surface area contributed by atoms with Gasteiger partial charge in [-0.25, -0.2) is 0 Å². The summed E-state index contributed by atoms with van der Waals surface area (Å²) in [6.07, 6.45) is 0. The van der Waals surface area contributed by atoms with Gasteiger partial charge in [0.05, 0.1) is 28.2 Å². The first-order chi connectivity index (χ1) is 3.55. The smallest absolute Gasteiger partial charge is 0.344 e. The molecule has 0 radical (unpaired) electrons. The Labute approximate surface area is 55.9 Å². The number of hydrogen-bond acceptors (Lipinski definition) is 1. The summed E-state index contributed by atoms with van der Waals surface area (Å²) >= 11 is 0. The molecule has 3 N–H and O–H groups in total. The maximum absolute atomic E-state index is 5.53. The van der Waals surface area contributed by atoms with Gasteiger partial charge in [0.25, 0.3) is 0 Å². The summed E-state index contributed by atoms with van der Waals surface area (Å²) in [5, 5.41) is 0. The van der Waals surface area contributed by atoms with Crippen molar-refractivity contribution in [1.29, 1.82) is 0 Å². The van der Waals surface area contributed by atoms with Crippen LogP contribution in [0.5, 0.6) is 0 Å². The maximum atomic E-state index is 5.53. The highest BCUT2D eigenvalue weighted by molar-refractivity contribution is 5.72. The van der Waals surface area contributed by atoms with Crippen molar-refractivity contribution < 1.29 is 10.1 Å². The first-order valence-corrected chi connectivity index (χ1v) is 2.52. The zero-order chi connectivity index (χ0) is 6.73. The monoisotopic (exact) mass is 133 g/mol. The van der Waals surface area contributed by atoms with Gasteiger partial charge in [0.1, 0.15) is 0 Å². The van der Waals surface area contributed by atoms with Crippen molar-refractivity contribution in [1.82, 2.24) is 4.90 Å². The second-order valence-corrected chi connectivity index (χ2v) is 2.15. The molecular formula is C5H15N3O. The molecule has 0 amide bonds. The molecule has 0 aliphatic heterocycles. The van der Waals surface area contributed by atoms with Crippen LogP contribution in [0, 0.1) is 0 Å². The molecule has 4 nitrogen and oxygen atoms in total. The molecule has 0 heterocycles. The van der Waals surface area contributed by atoms with Crippen molar-refractivity contribution in [2.75, 3.05) is 28.2 Å². The number of hydrogen-bond donors (Lipinski definition) is 1. The van der Waals surface area contributed by atoms with Gasteiger partial charge in [0, 0.05) is 0 Å². The molecule has 0 aromatic rings. The van der Waals surface area contributed by atoms with Crippen molar-refractivity contribution in [3.05, 3.63) is 0 Å². The molecule has 0 aromatic carbocycles. The van der Waals surface area contributed by atoms with Crippen molar-refractivity contribution in [3.8, 4) is 0 Å². The van der Waals surface area contributed by atoms with Crippen LogP contribution >= 0.6 is 0 Å². The average molecular weight is 133 g/mol. The second kappa shape index (κ2) is 4.14. The standard InChI is InChI=1S/C5H13N3.H2O/c1-7(2)5(6)8(3)4;/h6H,1-4H3;1H2. The van der Waals surface area contributed by atoms with Crippen LogP contribution < -0.4 is 5.73 Å². The van der Waals surface area contributed by atoms with Crippen LogP contribution in [0.3, 0.4) is 0 Å². The number of nitrogens with zero attached hydrogens (tertiary/aromatic N) is 2. The summed E-state index contributed by atoms with van der Waals surface area (Å²) in [5.74, 6) is 0.769. The lowest BCUT2D eigenvalue weighted by Gasteiger charge is -2.04. The highest BCUT2D eigenvalue weighted by atomic mass is 16.0. The fraction of sp³-hybridized carbons (Fsp3) is 0.800. The molecule has 4 heteroatoms. The first kappa shape index (κ1) is 11.1. The zero-order valence-corrected chi connectivity index (χ0v) is 6.42.